The largest absolute Gasteiger partial charge is 0.481 e. The summed E-state index contributed by atoms with van der Waals surface area (Å²) < 4.78 is 0. The van der Waals surface area contributed by atoms with Gasteiger partial charge in [-0.1, -0.05) is 29.8 Å². The molecule has 1 amide bonds. The summed E-state index contributed by atoms with van der Waals surface area (Å²) in [6.07, 6.45) is 1.42. The molecule has 2 N–H and O–H groups in total. The van der Waals surface area contributed by atoms with Gasteiger partial charge in [-0.15, -0.1) is 0 Å². The van der Waals surface area contributed by atoms with E-state index < -0.39 is 11.4 Å². The van der Waals surface area contributed by atoms with E-state index in [0.29, 0.717) is 32.5 Å². The van der Waals surface area contributed by atoms with Crippen molar-refractivity contribution in [2.24, 2.45) is 5.41 Å². The van der Waals surface area contributed by atoms with Gasteiger partial charge in [-0.3, -0.25) is 14.5 Å². The van der Waals surface area contributed by atoms with Crippen LogP contribution in [-0.2, 0) is 9.59 Å². The first-order chi connectivity index (χ1) is 10.0. The SMILES string of the molecule is Cc1cccc(C2C(=O)NCCN2CC2(C(=O)O)CC2)c1. The second-order valence-electron chi connectivity index (χ2n) is 6.16. The standard InChI is InChI=1S/C16H20N2O3/c1-11-3-2-4-12(9-11)13-14(19)17-7-8-18(13)10-16(5-6-16)15(20)21/h2-4,9,13H,5-8,10H2,1H3,(H,17,19)(H,20,21). The van der Waals surface area contributed by atoms with E-state index >= 15 is 0 Å². The maximum absolute atomic E-state index is 12.3. The van der Waals surface area contributed by atoms with Crippen molar-refractivity contribution in [3.8, 4) is 0 Å². The van der Waals surface area contributed by atoms with Crippen LogP contribution >= 0.6 is 0 Å². The third-order valence-electron chi connectivity index (χ3n) is 4.48. The third kappa shape index (κ3) is 2.65. The zero-order chi connectivity index (χ0) is 15.0. The Morgan fingerprint density at radius 3 is 2.86 bits per heavy atom. The first kappa shape index (κ1) is 14.1. The molecule has 2 fully saturated rings. The lowest BCUT2D eigenvalue weighted by Crippen LogP contribution is -2.52. The number of hydrogen-bond donors (Lipinski definition) is 2. The summed E-state index contributed by atoms with van der Waals surface area (Å²) in [5.74, 6) is -0.774. The molecule has 0 radical (unpaired) electrons. The van der Waals surface area contributed by atoms with Gasteiger partial charge in [0.25, 0.3) is 0 Å². The fourth-order valence-corrected chi connectivity index (χ4v) is 3.07. The van der Waals surface area contributed by atoms with Gasteiger partial charge in [0.05, 0.1) is 5.41 Å². The number of carbonyl (C=O) groups excluding carboxylic acids is 1. The molecule has 1 saturated carbocycles. The van der Waals surface area contributed by atoms with Crippen molar-refractivity contribution in [2.75, 3.05) is 19.6 Å². The van der Waals surface area contributed by atoms with Gasteiger partial charge in [-0.2, -0.15) is 0 Å². The molecule has 1 aromatic rings. The molecule has 1 heterocycles. The summed E-state index contributed by atoms with van der Waals surface area (Å²) in [4.78, 5) is 25.7. The number of benzene rings is 1. The lowest BCUT2D eigenvalue weighted by molar-refractivity contribution is -0.146. The number of carbonyl (C=O) groups is 2. The summed E-state index contributed by atoms with van der Waals surface area (Å²) in [6, 6.07) is 7.50. The summed E-state index contributed by atoms with van der Waals surface area (Å²) in [5.41, 5.74) is 1.40. The average molecular weight is 288 g/mol. The molecule has 0 spiro atoms. The van der Waals surface area contributed by atoms with E-state index in [1.807, 2.05) is 36.1 Å². The van der Waals surface area contributed by atoms with Crippen LogP contribution in [0, 0.1) is 12.3 Å². The smallest absolute Gasteiger partial charge is 0.310 e. The second kappa shape index (κ2) is 5.15. The molecule has 112 valence electrons. The minimum atomic E-state index is -0.739. The first-order valence-corrected chi connectivity index (χ1v) is 7.34. The van der Waals surface area contributed by atoms with Gasteiger partial charge in [0.15, 0.2) is 0 Å². The average Bonchev–Trinajstić information content (AvgIpc) is 3.20. The molecule has 0 aromatic heterocycles. The van der Waals surface area contributed by atoms with E-state index in [4.69, 9.17) is 0 Å². The van der Waals surface area contributed by atoms with E-state index in [2.05, 4.69) is 5.32 Å². The summed E-state index contributed by atoms with van der Waals surface area (Å²) in [7, 11) is 0. The molecule has 2 aliphatic rings. The molecule has 1 atom stereocenters. The van der Waals surface area contributed by atoms with Crippen molar-refractivity contribution in [3.05, 3.63) is 35.4 Å². The molecule has 1 saturated heterocycles. The van der Waals surface area contributed by atoms with Crippen LogP contribution in [0.1, 0.15) is 30.0 Å². The summed E-state index contributed by atoms with van der Waals surface area (Å²) >= 11 is 0. The normalized spacial score (nSPS) is 24.4. The Kier molecular flexibility index (Phi) is 3.45. The molecule has 1 aromatic carbocycles. The van der Waals surface area contributed by atoms with Crippen LogP contribution in [0.3, 0.4) is 0 Å². The Hall–Kier alpha value is -1.88. The number of aliphatic carboxylic acids is 1. The monoisotopic (exact) mass is 288 g/mol. The van der Waals surface area contributed by atoms with Gasteiger partial charge in [0, 0.05) is 19.6 Å². The van der Waals surface area contributed by atoms with E-state index in [9.17, 15) is 14.7 Å². The Labute approximate surface area is 123 Å². The highest BCUT2D eigenvalue weighted by atomic mass is 16.4. The lowest BCUT2D eigenvalue weighted by Gasteiger charge is -2.36. The molecule has 0 bridgehead atoms. The van der Waals surface area contributed by atoms with E-state index in [1.54, 1.807) is 0 Å². The van der Waals surface area contributed by atoms with Gasteiger partial charge in [-0.05, 0) is 25.3 Å². The Balaban J connectivity index is 1.87. The van der Waals surface area contributed by atoms with E-state index in [-0.39, 0.29) is 11.9 Å². The maximum atomic E-state index is 12.3. The zero-order valence-corrected chi connectivity index (χ0v) is 12.1. The van der Waals surface area contributed by atoms with Crippen LogP contribution < -0.4 is 5.32 Å². The maximum Gasteiger partial charge on any atom is 0.310 e. The van der Waals surface area contributed by atoms with Crippen molar-refractivity contribution in [3.63, 3.8) is 0 Å². The molecule has 3 rings (SSSR count). The molecule has 5 nitrogen and oxygen atoms in total. The number of nitrogens with zero attached hydrogens (tertiary/aromatic N) is 1. The first-order valence-electron chi connectivity index (χ1n) is 7.34. The van der Waals surface area contributed by atoms with Gasteiger partial charge in [0.1, 0.15) is 6.04 Å². The number of nitrogens with one attached hydrogen (secondary N) is 1. The Morgan fingerprint density at radius 1 is 1.48 bits per heavy atom. The summed E-state index contributed by atoms with van der Waals surface area (Å²) in [5, 5.41) is 12.3. The van der Waals surface area contributed by atoms with Gasteiger partial charge in [0.2, 0.25) is 5.91 Å². The minimum Gasteiger partial charge on any atom is -0.481 e. The number of amides is 1. The number of carboxylic acids is 1. The van der Waals surface area contributed by atoms with Crippen molar-refractivity contribution < 1.29 is 14.7 Å². The Bertz CT molecular complexity index is 581. The molecule has 5 heteroatoms. The molecule has 21 heavy (non-hydrogen) atoms. The van der Waals surface area contributed by atoms with Gasteiger partial charge in [-0.25, -0.2) is 0 Å². The fourth-order valence-electron chi connectivity index (χ4n) is 3.07. The Morgan fingerprint density at radius 2 is 2.24 bits per heavy atom. The van der Waals surface area contributed by atoms with Crippen LogP contribution in [0.5, 0.6) is 0 Å². The molecular weight excluding hydrogens is 268 g/mol. The molecular formula is C16H20N2O3. The number of piperazine rings is 1. The van der Waals surface area contributed by atoms with Crippen LogP contribution in [0.2, 0.25) is 0 Å². The van der Waals surface area contributed by atoms with Crippen LogP contribution in [-0.4, -0.2) is 41.5 Å². The van der Waals surface area contributed by atoms with Crippen LogP contribution in [0.25, 0.3) is 0 Å². The van der Waals surface area contributed by atoms with Crippen molar-refractivity contribution >= 4 is 11.9 Å². The van der Waals surface area contributed by atoms with Crippen LogP contribution in [0.4, 0.5) is 0 Å². The molecule has 1 aliphatic heterocycles. The van der Waals surface area contributed by atoms with E-state index in [1.165, 1.54) is 0 Å². The third-order valence-corrected chi connectivity index (χ3v) is 4.48. The number of carboxylic acid groups (broad SMARTS) is 1. The van der Waals surface area contributed by atoms with E-state index in [0.717, 1.165) is 11.1 Å². The van der Waals surface area contributed by atoms with Crippen LogP contribution in [0.15, 0.2) is 24.3 Å². The number of rotatable bonds is 4. The number of hydrogen-bond acceptors (Lipinski definition) is 3. The fraction of sp³-hybridized carbons (Fsp3) is 0.500. The highest BCUT2D eigenvalue weighted by molar-refractivity contribution is 5.84. The molecule has 1 unspecified atom stereocenters. The van der Waals surface area contributed by atoms with Gasteiger partial charge < -0.3 is 10.4 Å². The number of aryl methyl sites for hydroxylation is 1. The summed E-state index contributed by atoms with van der Waals surface area (Å²) in [6.45, 7) is 3.72. The highest BCUT2D eigenvalue weighted by Gasteiger charge is 2.52. The van der Waals surface area contributed by atoms with Crippen molar-refractivity contribution in [1.29, 1.82) is 0 Å². The second-order valence-corrected chi connectivity index (χ2v) is 6.16. The lowest BCUT2D eigenvalue weighted by atomic mass is 9.98. The van der Waals surface area contributed by atoms with Crippen molar-refractivity contribution in [1.82, 2.24) is 10.2 Å². The minimum absolute atomic E-state index is 0.0342. The van der Waals surface area contributed by atoms with Gasteiger partial charge >= 0.3 is 5.97 Å². The van der Waals surface area contributed by atoms with Crippen molar-refractivity contribution in [2.45, 2.75) is 25.8 Å². The molecule has 1 aliphatic carbocycles. The quantitative estimate of drug-likeness (QED) is 0.877. The topological polar surface area (TPSA) is 69.6 Å². The zero-order valence-electron chi connectivity index (χ0n) is 12.1. The predicted molar refractivity (Wildman–Crippen MR) is 77.8 cm³/mol. The highest BCUT2D eigenvalue weighted by Crippen LogP contribution is 2.47. The predicted octanol–water partition coefficient (Wildman–Crippen LogP) is 1.33.